The van der Waals surface area contributed by atoms with Crippen LogP contribution in [0.1, 0.15) is 0 Å². The van der Waals surface area contributed by atoms with Gasteiger partial charge in [0.25, 0.3) is 6.29 Å². The zero-order chi connectivity index (χ0) is 21.2. The van der Waals surface area contributed by atoms with E-state index in [9.17, 15) is 35.4 Å². The summed E-state index contributed by atoms with van der Waals surface area (Å²) in [5, 5.41) is 86.3. The van der Waals surface area contributed by atoms with Gasteiger partial charge in [0.15, 0.2) is 6.29 Å². The van der Waals surface area contributed by atoms with Crippen LogP contribution in [0.15, 0.2) is 0 Å². The quantitative estimate of drug-likeness (QED) is 0.118. The fourth-order valence-corrected chi connectivity index (χ4v) is 2.88. The van der Waals surface area contributed by atoms with Crippen LogP contribution in [0.4, 0.5) is 0 Å². The molecule has 0 aromatic carbocycles. The van der Waals surface area contributed by atoms with Crippen molar-refractivity contribution >= 4 is 5.97 Å². The summed E-state index contributed by atoms with van der Waals surface area (Å²) in [7, 11) is 0. The maximum Gasteiger partial charge on any atom is 0.360 e. The number of aliphatic carboxylic acids is 1. The number of rotatable bonds is 8. The van der Waals surface area contributed by atoms with Gasteiger partial charge in [-0.3, -0.25) is 0 Å². The van der Waals surface area contributed by atoms with Crippen molar-refractivity contribution in [3.8, 4) is 0 Å². The number of carboxylic acids is 1. The van der Waals surface area contributed by atoms with Crippen molar-refractivity contribution in [1.29, 1.82) is 0 Å². The molecule has 9 N–H and O–H groups in total. The maximum absolute atomic E-state index is 10.6. The molecular weight excluding hydrogens is 448 g/mol. The van der Waals surface area contributed by atoms with Crippen LogP contribution in [0.5, 0.6) is 0 Å². The molecule has 2 aliphatic rings. The predicted molar refractivity (Wildman–Crippen MR) is 81.2 cm³/mol. The minimum atomic E-state index is -2.34. The van der Waals surface area contributed by atoms with E-state index >= 15 is 0 Å². The minimum absolute atomic E-state index is 0. The number of aliphatic hydroxyl groups is 8. The van der Waals surface area contributed by atoms with Gasteiger partial charge in [-0.25, -0.2) is 4.79 Å². The van der Waals surface area contributed by atoms with Gasteiger partial charge in [-0.05, 0) is 0 Å². The van der Waals surface area contributed by atoms with Crippen LogP contribution >= 0.6 is 0 Å². The number of hydrogen-bond donors (Lipinski definition) is 9. The molecular formula is C14H24FeO14. The van der Waals surface area contributed by atoms with Crippen molar-refractivity contribution in [2.45, 2.75) is 61.1 Å². The Morgan fingerprint density at radius 2 is 1.62 bits per heavy atom. The summed E-state index contributed by atoms with van der Waals surface area (Å²) in [6.07, 6.45) is -16.0. The van der Waals surface area contributed by atoms with Crippen molar-refractivity contribution in [2.75, 3.05) is 19.8 Å². The Kier molecular flexibility index (Phi) is 9.79. The summed E-state index contributed by atoms with van der Waals surface area (Å²) in [6, 6.07) is 0. The molecule has 0 bridgehead atoms. The second-order valence-electron chi connectivity index (χ2n) is 6.40. The van der Waals surface area contributed by atoms with Gasteiger partial charge in [0, 0.05) is 17.1 Å². The molecule has 172 valence electrons. The van der Waals surface area contributed by atoms with E-state index in [-0.39, 0.29) is 17.1 Å². The van der Waals surface area contributed by atoms with Gasteiger partial charge in [0.1, 0.15) is 49.3 Å². The molecule has 2 heterocycles. The van der Waals surface area contributed by atoms with Crippen LogP contribution in [-0.2, 0) is 40.8 Å². The van der Waals surface area contributed by atoms with Crippen LogP contribution in [0.3, 0.4) is 0 Å². The second-order valence-corrected chi connectivity index (χ2v) is 6.40. The summed E-state index contributed by atoms with van der Waals surface area (Å²) in [6.45, 7) is -2.52. The SMILES string of the molecule is O=C(O)C(O)OC[C@H]1O[C@H](O[C@]2(CO)O[C@H](CO)[C@@H](O)[C@@H]2O)[C@H](O)[C@@H](O)[C@@H]1O.[Fe]. The molecule has 10 atom stereocenters. The van der Waals surface area contributed by atoms with Crippen LogP contribution in [0.2, 0.25) is 0 Å². The molecule has 0 aromatic heterocycles. The third-order valence-electron chi connectivity index (χ3n) is 4.52. The van der Waals surface area contributed by atoms with E-state index in [1.165, 1.54) is 0 Å². The summed E-state index contributed by atoms with van der Waals surface area (Å²) in [5.74, 6) is -4.06. The number of carboxylic acid groups (broad SMARTS) is 1. The van der Waals surface area contributed by atoms with E-state index in [0.717, 1.165) is 0 Å². The van der Waals surface area contributed by atoms with E-state index in [2.05, 4.69) is 4.74 Å². The molecule has 2 aliphatic heterocycles. The van der Waals surface area contributed by atoms with Gasteiger partial charge in [-0.15, -0.1) is 0 Å². The minimum Gasteiger partial charge on any atom is -0.477 e. The van der Waals surface area contributed by atoms with E-state index in [1.807, 2.05) is 0 Å². The first-order valence-corrected chi connectivity index (χ1v) is 8.23. The number of hydrogen-bond acceptors (Lipinski definition) is 13. The normalized spacial score (nSPS) is 43.6. The second kappa shape index (κ2) is 10.7. The fraction of sp³-hybridized carbons (Fsp3) is 0.929. The van der Waals surface area contributed by atoms with E-state index in [1.54, 1.807) is 0 Å². The van der Waals surface area contributed by atoms with E-state index < -0.39 is 86.9 Å². The molecule has 0 saturated carbocycles. The Morgan fingerprint density at radius 1 is 1.00 bits per heavy atom. The Labute approximate surface area is 174 Å². The number of aliphatic hydroxyl groups excluding tert-OH is 8. The standard InChI is InChI=1S/C14H24O14.Fe/c15-1-4-7(18)10(21)14(3-16,27-4)28-13-9(20)8(19)6(17)5(26-13)2-25-12(24)11(22)23;/h4-10,12-13,15-21,24H,1-3H2,(H,22,23);/t4-,5-,6-,7-,8+,9-,10+,12?,13-,14+;/m1./s1. The van der Waals surface area contributed by atoms with Crippen molar-refractivity contribution < 1.29 is 86.8 Å². The molecule has 15 heteroatoms. The van der Waals surface area contributed by atoms with Crippen molar-refractivity contribution in [1.82, 2.24) is 0 Å². The van der Waals surface area contributed by atoms with Crippen LogP contribution in [0.25, 0.3) is 0 Å². The number of carbonyl (C=O) groups is 1. The molecule has 14 nitrogen and oxygen atoms in total. The third kappa shape index (κ3) is 5.41. The maximum atomic E-state index is 10.6. The Bertz CT molecular complexity index is 538. The zero-order valence-corrected chi connectivity index (χ0v) is 15.8. The molecule has 0 radical (unpaired) electrons. The van der Waals surface area contributed by atoms with Gasteiger partial charge >= 0.3 is 5.97 Å². The van der Waals surface area contributed by atoms with Crippen molar-refractivity contribution in [3.05, 3.63) is 0 Å². The number of ether oxygens (including phenoxy) is 4. The fourth-order valence-electron chi connectivity index (χ4n) is 2.88. The largest absolute Gasteiger partial charge is 0.477 e. The summed E-state index contributed by atoms with van der Waals surface area (Å²) >= 11 is 0. The smallest absolute Gasteiger partial charge is 0.360 e. The average molecular weight is 472 g/mol. The first-order valence-electron chi connectivity index (χ1n) is 8.23. The molecule has 2 rings (SSSR count). The van der Waals surface area contributed by atoms with Crippen LogP contribution in [0, 0.1) is 0 Å². The summed E-state index contributed by atoms with van der Waals surface area (Å²) in [4.78, 5) is 10.6. The predicted octanol–water partition coefficient (Wildman–Crippen LogP) is -5.97. The van der Waals surface area contributed by atoms with Crippen molar-refractivity contribution in [3.63, 3.8) is 0 Å². The summed E-state index contributed by atoms with van der Waals surface area (Å²) in [5.41, 5.74) is 0. The topological polar surface area (TPSA) is 236 Å². The molecule has 0 aliphatic carbocycles. The Balaban J connectivity index is 0.00000420. The molecule has 2 fully saturated rings. The average Bonchev–Trinajstić information content (AvgIpc) is 2.92. The molecule has 0 aromatic rings. The monoisotopic (exact) mass is 472 g/mol. The molecule has 0 spiro atoms. The Morgan fingerprint density at radius 3 is 2.10 bits per heavy atom. The summed E-state index contributed by atoms with van der Waals surface area (Å²) < 4.78 is 20.1. The first-order chi connectivity index (χ1) is 13.1. The third-order valence-corrected chi connectivity index (χ3v) is 4.52. The van der Waals surface area contributed by atoms with Crippen molar-refractivity contribution in [2.24, 2.45) is 0 Å². The van der Waals surface area contributed by atoms with Gasteiger partial charge in [0.05, 0.1) is 13.2 Å². The molecule has 29 heavy (non-hydrogen) atoms. The van der Waals surface area contributed by atoms with Crippen LogP contribution in [-0.4, -0.2) is 133 Å². The molecule has 1 unspecified atom stereocenters. The van der Waals surface area contributed by atoms with E-state index in [0.29, 0.717) is 0 Å². The van der Waals surface area contributed by atoms with Gasteiger partial charge in [-0.1, -0.05) is 0 Å². The first kappa shape index (κ1) is 26.5. The van der Waals surface area contributed by atoms with Crippen LogP contribution < -0.4 is 0 Å². The van der Waals surface area contributed by atoms with Gasteiger partial charge in [-0.2, -0.15) is 0 Å². The zero-order valence-electron chi connectivity index (χ0n) is 14.7. The Hall–Kier alpha value is -0.491. The van der Waals surface area contributed by atoms with Gasteiger partial charge < -0.3 is 64.9 Å². The molecule has 0 amide bonds. The van der Waals surface area contributed by atoms with E-state index in [4.69, 9.17) is 29.5 Å². The van der Waals surface area contributed by atoms with Gasteiger partial charge in [0.2, 0.25) is 5.79 Å². The molecule has 2 saturated heterocycles.